The fourth-order valence-electron chi connectivity index (χ4n) is 1.94. The number of benzene rings is 1. The number of nitrogens with zero attached hydrogens (tertiary/aromatic N) is 2. The van der Waals surface area contributed by atoms with Gasteiger partial charge in [0.2, 0.25) is 0 Å². The number of anilines is 1. The zero-order valence-corrected chi connectivity index (χ0v) is 11.3. The van der Waals surface area contributed by atoms with Crippen LogP contribution in [0.3, 0.4) is 0 Å². The Morgan fingerprint density at radius 2 is 1.89 bits per heavy atom. The fourth-order valence-corrected chi connectivity index (χ4v) is 2.17. The molecule has 0 aliphatic heterocycles. The van der Waals surface area contributed by atoms with Gasteiger partial charge in [-0.05, 0) is 23.8 Å². The first-order valence-corrected chi connectivity index (χ1v) is 6.59. The molecule has 0 spiro atoms. The first-order valence-electron chi connectivity index (χ1n) is 6.06. The van der Waals surface area contributed by atoms with Crippen molar-refractivity contribution in [3.05, 3.63) is 59.9 Å². The molecule has 2 nitrogen and oxygen atoms in total. The van der Waals surface area contributed by atoms with Gasteiger partial charge in [0.1, 0.15) is 0 Å². The lowest BCUT2D eigenvalue weighted by molar-refractivity contribution is 0.849. The van der Waals surface area contributed by atoms with E-state index in [0.29, 0.717) is 5.88 Å². The highest BCUT2D eigenvalue weighted by Crippen LogP contribution is 2.20. The summed E-state index contributed by atoms with van der Waals surface area (Å²) in [5.74, 6) is 0.546. The highest BCUT2D eigenvalue weighted by atomic mass is 35.5. The minimum absolute atomic E-state index is 0.546. The molecule has 0 atom stereocenters. The van der Waals surface area contributed by atoms with Gasteiger partial charge >= 0.3 is 0 Å². The Hall–Kier alpha value is -1.54. The number of halogens is 1. The lowest BCUT2D eigenvalue weighted by Gasteiger charge is -2.21. The van der Waals surface area contributed by atoms with Gasteiger partial charge in [0.25, 0.3) is 0 Å². The van der Waals surface area contributed by atoms with Crippen molar-refractivity contribution in [1.82, 2.24) is 4.98 Å². The largest absolute Gasteiger partial charge is 0.374 e. The van der Waals surface area contributed by atoms with Gasteiger partial charge in [-0.25, -0.2) is 0 Å². The third-order valence-corrected chi connectivity index (χ3v) is 3.26. The molecule has 1 aromatic carbocycles. The van der Waals surface area contributed by atoms with E-state index in [0.717, 1.165) is 18.7 Å². The van der Waals surface area contributed by atoms with Gasteiger partial charge in [0, 0.05) is 43.5 Å². The summed E-state index contributed by atoms with van der Waals surface area (Å²) in [6, 6.07) is 14.3. The van der Waals surface area contributed by atoms with Crippen LogP contribution in [-0.4, -0.2) is 18.6 Å². The molecule has 0 N–H and O–H groups in total. The smallest absolute Gasteiger partial charge is 0.0494 e. The third-order valence-electron chi connectivity index (χ3n) is 2.98. The highest BCUT2D eigenvalue weighted by molar-refractivity contribution is 6.17. The van der Waals surface area contributed by atoms with Crippen molar-refractivity contribution in [1.29, 1.82) is 0 Å². The molecule has 0 amide bonds. The van der Waals surface area contributed by atoms with E-state index in [4.69, 9.17) is 11.6 Å². The normalized spacial score (nSPS) is 10.3. The Balaban J connectivity index is 2.01. The topological polar surface area (TPSA) is 16.1 Å². The first kappa shape index (κ1) is 12.9. The number of hydrogen-bond donors (Lipinski definition) is 0. The second kappa shape index (κ2) is 6.41. The minimum Gasteiger partial charge on any atom is -0.374 e. The summed E-state index contributed by atoms with van der Waals surface area (Å²) in [5, 5.41) is 0. The van der Waals surface area contributed by atoms with Crippen molar-refractivity contribution in [2.24, 2.45) is 0 Å². The average Bonchev–Trinajstić information content (AvgIpc) is 2.45. The molecule has 94 valence electrons. The zero-order chi connectivity index (χ0) is 12.8. The van der Waals surface area contributed by atoms with Crippen molar-refractivity contribution in [2.45, 2.75) is 12.3 Å². The van der Waals surface area contributed by atoms with Crippen molar-refractivity contribution in [3.63, 3.8) is 0 Å². The predicted molar refractivity (Wildman–Crippen MR) is 77.2 cm³/mol. The van der Waals surface area contributed by atoms with Crippen LogP contribution in [0.4, 0.5) is 5.69 Å². The van der Waals surface area contributed by atoms with Crippen LogP contribution < -0.4 is 4.90 Å². The summed E-state index contributed by atoms with van der Waals surface area (Å²) in [5.41, 5.74) is 3.49. The quantitative estimate of drug-likeness (QED) is 0.765. The molecular formula is C15H17ClN2. The predicted octanol–water partition coefficient (Wildman–Crippen LogP) is 3.50. The molecule has 0 aliphatic rings. The molecule has 0 saturated carbocycles. The van der Waals surface area contributed by atoms with Crippen molar-refractivity contribution in [2.75, 3.05) is 18.5 Å². The van der Waals surface area contributed by atoms with Gasteiger partial charge in [-0.2, -0.15) is 0 Å². The van der Waals surface area contributed by atoms with Gasteiger partial charge in [-0.15, -0.1) is 11.6 Å². The van der Waals surface area contributed by atoms with Crippen LogP contribution in [0.1, 0.15) is 11.3 Å². The maximum atomic E-state index is 5.95. The number of rotatable bonds is 5. The number of hydrogen-bond acceptors (Lipinski definition) is 2. The molecule has 0 aliphatic carbocycles. The second-order valence-corrected chi connectivity index (χ2v) is 4.52. The Morgan fingerprint density at radius 3 is 2.61 bits per heavy atom. The maximum Gasteiger partial charge on any atom is 0.0494 e. The van der Waals surface area contributed by atoms with Crippen LogP contribution >= 0.6 is 11.6 Å². The Morgan fingerprint density at radius 1 is 1.11 bits per heavy atom. The van der Waals surface area contributed by atoms with E-state index in [9.17, 15) is 0 Å². The van der Waals surface area contributed by atoms with Crippen LogP contribution in [0.25, 0.3) is 0 Å². The summed E-state index contributed by atoms with van der Waals surface area (Å²) in [4.78, 5) is 6.56. The van der Waals surface area contributed by atoms with Gasteiger partial charge in [0.15, 0.2) is 0 Å². The molecule has 0 fully saturated rings. The molecule has 0 radical (unpaired) electrons. The minimum atomic E-state index is 0.546. The summed E-state index contributed by atoms with van der Waals surface area (Å²) in [6.45, 7) is 0.935. The molecule has 18 heavy (non-hydrogen) atoms. The zero-order valence-electron chi connectivity index (χ0n) is 10.5. The first-order chi connectivity index (χ1) is 8.81. The standard InChI is InChI=1S/C15H17ClN2/c1-18(11-9-14-7-4-5-10-17-14)15-8-3-2-6-13(15)12-16/h2-8,10H,9,11-12H2,1H3. The molecule has 0 saturated heterocycles. The Kier molecular flexibility index (Phi) is 4.59. The van der Waals surface area contributed by atoms with Crippen LogP contribution in [0, 0.1) is 0 Å². The summed E-state index contributed by atoms with van der Waals surface area (Å²) in [7, 11) is 2.09. The Bertz CT molecular complexity index is 485. The molecule has 3 heteroatoms. The molecule has 0 bridgehead atoms. The van der Waals surface area contributed by atoms with Gasteiger partial charge in [0.05, 0.1) is 0 Å². The summed E-state index contributed by atoms with van der Waals surface area (Å²) >= 11 is 5.95. The number of pyridine rings is 1. The SMILES string of the molecule is CN(CCc1ccccn1)c1ccccc1CCl. The maximum absolute atomic E-state index is 5.95. The Labute approximate surface area is 113 Å². The second-order valence-electron chi connectivity index (χ2n) is 4.25. The summed E-state index contributed by atoms with van der Waals surface area (Å²) < 4.78 is 0. The van der Waals surface area contributed by atoms with E-state index >= 15 is 0 Å². The highest BCUT2D eigenvalue weighted by Gasteiger charge is 2.06. The number of alkyl halides is 1. The van der Waals surface area contributed by atoms with E-state index in [-0.39, 0.29) is 0 Å². The number of likely N-dealkylation sites (N-methyl/N-ethyl adjacent to an activating group) is 1. The van der Waals surface area contributed by atoms with Crippen molar-refractivity contribution >= 4 is 17.3 Å². The monoisotopic (exact) mass is 260 g/mol. The van der Waals surface area contributed by atoms with E-state index < -0.39 is 0 Å². The molecular weight excluding hydrogens is 244 g/mol. The number of aromatic nitrogens is 1. The molecule has 1 aromatic heterocycles. The lowest BCUT2D eigenvalue weighted by Crippen LogP contribution is -2.21. The van der Waals surface area contributed by atoms with Crippen LogP contribution in [0.15, 0.2) is 48.7 Å². The molecule has 0 unspecified atom stereocenters. The van der Waals surface area contributed by atoms with Crippen LogP contribution in [-0.2, 0) is 12.3 Å². The molecule has 2 rings (SSSR count). The van der Waals surface area contributed by atoms with Crippen LogP contribution in [0.2, 0.25) is 0 Å². The van der Waals surface area contributed by atoms with Gasteiger partial charge in [-0.3, -0.25) is 4.98 Å². The average molecular weight is 261 g/mol. The van der Waals surface area contributed by atoms with Gasteiger partial charge < -0.3 is 4.90 Å². The van der Waals surface area contributed by atoms with Crippen LogP contribution in [0.5, 0.6) is 0 Å². The molecule has 1 heterocycles. The third kappa shape index (κ3) is 3.23. The van der Waals surface area contributed by atoms with E-state index in [2.05, 4.69) is 35.1 Å². The number of para-hydroxylation sites is 1. The van der Waals surface area contributed by atoms with E-state index in [1.54, 1.807) is 0 Å². The fraction of sp³-hybridized carbons (Fsp3) is 0.267. The van der Waals surface area contributed by atoms with Gasteiger partial charge in [-0.1, -0.05) is 24.3 Å². The molecule has 2 aromatic rings. The summed E-state index contributed by atoms with van der Waals surface area (Å²) in [6.07, 6.45) is 2.77. The van der Waals surface area contributed by atoms with Crippen molar-refractivity contribution < 1.29 is 0 Å². The van der Waals surface area contributed by atoms with E-state index in [1.807, 2.05) is 30.5 Å². The van der Waals surface area contributed by atoms with E-state index in [1.165, 1.54) is 11.3 Å². The lowest BCUT2D eigenvalue weighted by atomic mass is 10.1. The van der Waals surface area contributed by atoms with Crippen molar-refractivity contribution in [3.8, 4) is 0 Å².